The third-order valence-electron chi connectivity index (χ3n) is 9.24. The fourth-order valence-corrected chi connectivity index (χ4v) is 6.18. The Bertz CT molecular complexity index is 2000. The summed E-state index contributed by atoms with van der Waals surface area (Å²) in [5.41, 5.74) is 14.2. The minimum atomic E-state index is 0. The van der Waals surface area contributed by atoms with E-state index in [2.05, 4.69) is 186 Å². The van der Waals surface area contributed by atoms with Gasteiger partial charge in [-0.05, 0) is 45.9 Å². The summed E-state index contributed by atoms with van der Waals surface area (Å²) >= 11 is 1.74. The largest absolute Gasteiger partial charge is 1.00 e. The fraction of sp³-hybridized carbons (Fsp3) is 0.348. The van der Waals surface area contributed by atoms with Gasteiger partial charge in [0, 0.05) is 0 Å². The maximum absolute atomic E-state index is 2.35. The van der Waals surface area contributed by atoms with Gasteiger partial charge in [0.2, 0.25) is 0 Å². The molecule has 0 atom stereocenters. The molecule has 0 fully saturated rings. The molecule has 6 aromatic carbocycles. The zero-order chi connectivity index (χ0) is 35.6. The van der Waals surface area contributed by atoms with Gasteiger partial charge in [-0.3, -0.25) is 0 Å². The van der Waals surface area contributed by atoms with Crippen LogP contribution in [0.4, 0.5) is 0 Å². The molecule has 0 saturated carbocycles. The molecule has 0 spiro atoms. The molecule has 0 saturated heterocycles. The average Bonchev–Trinajstić information content (AvgIpc) is 3.62. The van der Waals surface area contributed by atoms with Crippen LogP contribution in [-0.2, 0) is 34.2 Å². The van der Waals surface area contributed by atoms with Crippen LogP contribution in [0.3, 0.4) is 0 Å². The van der Waals surface area contributed by atoms with Crippen LogP contribution in [0.5, 0.6) is 0 Å². The molecule has 50 heavy (non-hydrogen) atoms. The molecule has 0 aliphatic rings. The SMILES string of the molecule is CC(C)c1cc2c(-c3ccc(C(C)(C)C)cc3)cccc2[cH-]1.C[Si](C)=[Zr+2].Cc1cc2c(-c3ccc(C(C)(C)C)cc3)cc(C)c(C)c2[cH-]1.[Cl-].[Cl-]. The Kier molecular flexibility index (Phi) is 15.8. The van der Waals surface area contributed by atoms with E-state index in [1.807, 2.05) is 0 Å². The number of benzene rings is 4. The minimum Gasteiger partial charge on any atom is -1.00 e. The standard InChI is InChI=1S/2C22H25.C2H6Si.2ClH.Zr/c1-14-11-19-16(3)15(2)13-20(21(19)12-14)17-7-9-18(10-8-17)22(4,5)6;1-15(2)18-13-17-7-6-8-20(21(17)14-18)16-9-11-19(12-10-16)22(3,4)5;1-3-2;;;/h7-13H,1-6H3;6-15H,1-5H3;1-2H3;2*1H;/q2*-1;;;;+2/p-2. The van der Waals surface area contributed by atoms with E-state index in [0.717, 1.165) is 0 Å². The van der Waals surface area contributed by atoms with E-state index >= 15 is 0 Å². The Labute approximate surface area is 331 Å². The van der Waals surface area contributed by atoms with Gasteiger partial charge in [-0.25, -0.2) is 0 Å². The molecule has 0 radical (unpaired) electrons. The van der Waals surface area contributed by atoms with Crippen LogP contribution in [0, 0.1) is 20.8 Å². The van der Waals surface area contributed by atoms with Crippen molar-refractivity contribution >= 4 is 27.0 Å². The Morgan fingerprint density at radius 2 is 1.10 bits per heavy atom. The van der Waals surface area contributed by atoms with E-state index in [1.54, 1.807) is 23.3 Å². The first-order valence-corrected chi connectivity index (χ1v) is 23.7. The molecule has 0 heterocycles. The summed E-state index contributed by atoms with van der Waals surface area (Å²) in [5, 5.41) is 5.49. The van der Waals surface area contributed by atoms with Gasteiger partial charge >= 0.3 is 41.9 Å². The predicted molar refractivity (Wildman–Crippen MR) is 213 cm³/mol. The fourth-order valence-electron chi connectivity index (χ4n) is 6.18. The first-order chi connectivity index (χ1) is 22.4. The number of halogens is 2. The van der Waals surface area contributed by atoms with Crippen LogP contribution in [-0.4, -0.2) is 5.43 Å². The van der Waals surface area contributed by atoms with E-state index in [0.29, 0.717) is 5.92 Å². The first kappa shape index (κ1) is 43.9. The van der Waals surface area contributed by atoms with Crippen molar-refractivity contribution in [3.05, 3.63) is 130 Å². The maximum atomic E-state index is 2.35. The third-order valence-corrected chi connectivity index (χ3v) is 9.24. The quantitative estimate of drug-likeness (QED) is 0.126. The molecule has 0 aromatic heterocycles. The van der Waals surface area contributed by atoms with Crippen molar-refractivity contribution in [3.63, 3.8) is 0 Å². The normalized spacial score (nSPS) is 11.3. The molecule has 6 rings (SSSR count). The molecule has 0 N–H and O–H groups in total. The molecule has 264 valence electrons. The Balaban J connectivity index is 0.000000303. The summed E-state index contributed by atoms with van der Waals surface area (Å²) in [7, 11) is 0. The van der Waals surface area contributed by atoms with Crippen LogP contribution in [0.1, 0.15) is 94.7 Å². The molecule has 0 nitrogen and oxygen atoms in total. The minimum absolute atomic E-state index is 0. The van der Waals surface area contributed by atoms with Crippen LogP contribution < -0.4 is 24.8 Å². The van der Waals surface area contributed by atoms with Crippen LogP contribution >= 0.6 is 0 Å². The van der Waals surface area contributed by atoms with Gasteiger partial charge in [-0.1, -0.05) is 147 Å². The van der Waals surface area contributed by atoms with Gasteiger partial charge in [0.05, 0.1) is 0 Å². The second-order valence-corrected chi connectivity index (χ2v) is 25.5. The van der Waals surface area contributed by atoms with Crippen molar-refractivity contribution in [1.29, 1.82) is 0 Å². The van der Waals surface area contributed by atoms with Crippen molar-refractivity contribution in [2.45, 2.75) is 106 Å². The third kappa shape index (κ3) is 10.9. The van der Waals surface area contributed by atoms with E-state index in [9.17, 15) is 0 Å². The maximum Gasteiger partial charge on any atom is -0.0132 e. The molecule has 4 heteroatoms. The van der Waals surface area contributed by atoms with E-state index in [-0.39, 0.29) is 41.1 Å². The van der Waals surface area contributed by atoms with Crippen LogP contribution in [0.15, 0.2) is 97.1 Å². The van der Waals surface area contributed by atoms with Gasteiger partial charge < -0.3 is 24.8 Å². The molecular formula is C46H56Cl2SiZr-2. The van der Waals surface area contributed by atoms with Crippen molar-refractivity contribution in [2.75, 3.05) is 0 Å². The summed E-state index contributed by atoms with van der Waals surface area (Å²) in [4.78, 5) is 0. The van der Waals surface area contributed by atoms with Gasteiger partial charge in [0.15, 0.2) is 0 Å². The number of rotatable bonds is 3. The molecule has 6 aromatic rings. The predicted octanol–water partition coefficient (Wildman–Crippen LogP) is 7.89. The van der Waals surface area contributed by atoms with Gasteiger partial charge in [0.1, 0.15) is 0 Å². The summed E-state index contributed by atoms with van der Waals surface area (Å²) in [5.74, 6) is 0.573. The van der Waals surface area contributed by atoms with Crippen molar-refractivity contribution < 1.29 is 48.1 Å². The van der Waals surface area contributed by atoms with Gasteiger partial charge in [0.25, 0.3) is 0 Å². The van der Waals surface area contributed by atoms with Crippen molar-refractivity contribution in [3.8, 4) is 22.3 Å². The second kappa shape index (κ2) is 18.0. The summed E-state index contributed by atoms with van der Waals surface area (Å²) in [6.45, 7) is 29.3. The molecule has 0 bridgehead atoms. The Morgan fingerprint density at radius 1 is 0.620 bits per heavy atom. The van der Waals surface area contributed by atoms with Crippen LogP contribution in [0.25, 0.3) is 43.8 Å². The second-order valence-electron chi connectivity index (χ2n) is 16.1. The summed E-state index contributed by atoms with van der Waals surface area (Å²) in [6.07, 6.45) is 0. The molecular weight excluding hydrogens is 743 g/mol. The number of hydrogen-bond acceptors (Lipinski definition) is 0. The van der Waals surface area contributed by atoms with E-state index < -0.39 is 0 Å². The molecule has 0 unspecified atom stereocenters. The number of fused-ring (bicyclic) bond motifs is 2. The number of hydrogen-bond donors (Lipinski definition) is 0. The van der Waals surface area contributed by atoms with Gasteiger partial charge in [-0.15, -0.1) is 62.5 Å². The molecule has 0 aliphatic heterocycles. The monoisotopic (exact) mass is 796 g/mol. The summed E-state index contributed by atoms with van der Waals surface area (Å²) in [6, 6.07) is 36.4. The van der Waals surface area contributed by atoms with Crippen molar-refractivity contribution in [1.82, 2.24) is 0 Å². The molecule has 0 aliphatic carbocycles. The summed E-state index contributed by atoms with van der Waals surface area (Å²) < 4.78 is 0. The topological polar surface area (TPSA) is 0 Å². The van der Waals surface area contributed by atoms with Crippen molar-refractivity contribution in [2.24, 2.45) is 0 Å². The van der Waals surface area contributed by atoms with E-state index in [1.165, 1.54) is 77.2 Å². The Hall–Kier alpha value is -2.22. The first-order valence-electron chi connectivity index (χ1n) is 17.5. The Morgan fingerprint density at radius 3 is 1.56 bits per heavy atom. The van der Waals surface area contributed by atoms with Crippen LogP contribution in [0.2, 0.25) is 13.1 Å². The smallest absolute Gasteiger partial charge is 0.0132 e. The zero-order valence-electron chi connectivity index (χ0n) is 32.6. The van der Waals surface area contributed by atoms with Gasteiger partial charge in [-0.2, -0.15) is 12.1 Å². The van der Waals surface area contributed by atoms with E-state index in [4.69, 9.17) is 0 Å². The molecule has 0 amide bonds. The zero-order valence-corrected chi connectivity index (χ0v) is 37.5. The number of aryl methyl sites for hydroxylation is 3. The average molecular weight is 799 g/mol.